The Kier molecular flexibility index (Phi) is 5.46. The molecule has 1 atom stereocenters. The summed E-state index contributed by atoms with van der Waals surface area (Å²) in [6.45, 7) is 2.35. The zero-order valence-electron chi connectivity index (χ0n) is 11.8. The van der Waals surface area contributed by atoms with E-state index in [1.54, 1.807) is 19.2 Å². The first-order valence-corrected chi connectivity index (χ1v) is 7.00. The molecule has 3 nitrogen and oxygen atoms in total. The van der Waals surface area contributed by atoms with Crippen molar-refractivity contribution in [2.45, 2.75) is 31.4 Å². The van der Waals surface area contributed by atoms with Crippen molar-refractivity contribution < 1.29 is 13.5 Å². The van der Waals surface area contributed by atoms with Gasteiger partial charge in [0, 0.05) is 38.3 Å². The van der Waals surface area contributed by atoms with Crippen molar-refractivity contribution >= 4 is 0 Å². The van der Waals surface area contributed by atoms with Crippen molar-refractivity contribution in [2.24, 2.45) is 5.73 Å². The number of piperidine rings is 1. The molecule has 2 rings (SSSR count). The van der Waals surface area contributed by atoms with Crippen LogP contribution in [0.15, 0.2) is 24.3 Å². The lowest BCUT2D eigenvalue weighted by molar-refractivity contribution is 0.0280. The Labute approximate surface area is 118 Å². The SMILES string of the molecule is COC1CCN(C(CN)c2ccc(C(F)F)cc2)CC1. The van der Waals surface area contributed by atoms with Crippen LogP contribution in [0.4, 0.5) is 8.78 Å². The van der Waals surface area contributed by atoms with Gasteiger partial charge in [-0.2, -0.15) is 0 Å². The van der Waals surface area contributed by atoms with Gasteiger partial charge in [-0.3, -0.25) is 4.90 Å². The molecule has 0 bridgehead atoms. The van der Waals surface area contributed by atoms with Gasteiger partial charge in [-0.25, -0.2) is 8.78 Å². The van der Waals surface area contributed by atoms with Crippen LogP contribution in [0.25, 0.3) is 0 Å². The molecule has 0 amide bonds. The Morgan fingerprint density at radius 1 is 1.20 bits per heavy atom. The molecule has 0 saturated carbocycles. The van der Waals surface area contributed by atoms with E-state index < -0.39 is 6.43 Å². The number of likely N-dealkylation sites (tertiary alicyclic amines) is 1. The number of benzene rings is 1. The highest BCUT2D eigenvalue weighted by molar-refractivity contribution is 5.26. The first-order chi connectivity index (χ1) is 9.65. The van der Waals surface area contributed by atoms with Crippen LogP contribution in [-0.4, -0.2) is 37.7 Å². The molecule has 1 heterocycles. The summed E-state index contributed by atoms with van der Waals surface area (Å²) in [5, 5.41) is 0. The number of nitrogens with two attached hydrogens (primary N) is 1. The van der Waals surface area contributed by atoms with Gasteiger partial charge in [0.05, 0.1) is 6.10 Å². The molecule has 2 N–H and O–H groups in total. The van der Waals surface area contributed by atoms with E-state index in [2.05, 4.69) is 4.90 Å². The third-order valence-corrected chi connectivity index (χ3v) is 4.05. The minimum atomic E-state index is -2.42. The maximum Gasteiger partial charge on any atom is 0.263 e. The summed E-state index contributed by atoms with van der Waals surface area (Å²) in [4.78, 5) is 2.31. The van der Waals surface area contributed by atoms with Crippen molar-refractivity contribution in [3.63, 3.8) is 0 Å². The van der Waals surface area contributed by atoms with Crippen molar-refractivity contribution in [1.82, 2.24) is 4.90 Å². The molecular weight excluding hydrogens is 262 g/mol. The quantitative estimate of drug-likeness (QED) is 0.903. The van der Waals surface area contributed by atoms with E-state index in [1.165, 1.54) is 12.1 Å². The number of methoxy groups -OCH3 is 1. The summed E-state index contributed by atoms with van der Waals surface area (Å²) in [6.07, 6.45) is -0.117. The van der Waals surface area contributed by atoms with Crippen molar-refractivity contribution in [3.8, 4) is 0 Å². The zero-order valence-corrected chi connectivity index (χ0v) is 11.8. The van der Waals surface area contributed by atoms with E-state index in [1.807, 2.05) is 0 Å². The van der Waals surface area contributed by atoms with Crippen molar-refractivity contribution in [1.29, 1.82) is 0 Å². The number of rotatable bonds is 5. The molecule has 1 saturated heterocycles. The fourth-order valence-electron chi connectivity index (χ4n) is 2.78. The Hall–Kier alpha value is -1.04. The maximum absolute atomic E-state index is 12.6. The van der Waals surface area contributed by atoms with E-state index >= 15 is 0 Å². The predicted molar refractivity (Wildman–Crippen MR) is 74.8 cm³/mol. The van der Waals surface area contributed by atoms with Gasteiger partial charge in [0.1, 0.15) is 0 Å². The Morgan fingerprint density at radius 3 is 2.20 bits per heavy atom. The average Bonchev–Trinajstić information content (AvgIpc) is 2.49. The van der Waals surface area contributed by atoms with E-state index in [0.717, 1.165) is 31.5 Å². The fraction of sp³-hybridized carbons (Fsp3) is 0.600. The summed E-state index contributed by atoms with van der Waals surface area (Å²) >= 11 is 0. The Morgan fingerprint density at radius 2 is 1.75 bits per heavy atom. The molecule has 1 aliphatic heterocycles. The van der Waals surface area contributed by atoms with E-state index in [9.17, 15) is 8.78 Å². The molecular formula is C15H22F2N2O. The lowest BCUT2D eigenvalue weighted by Crippen LogP contribution is -2.41. The highest BCUT2D eigenvalue weighted by Gasteiger charge is 2.25. The standard InChI is InChI=1S/C15H22F2N2O/c1-20-13-6-8-19(9-7-13)14(10-18)11-2-4-12(5-3-11)15(16)17/h2-5,13-15H,6-10,18H2,1H3. The van der Waals surface area contributed by atoms with E-state index in [0.29, 0.717) is 12.6 Å². The smallest absolute Gasteiger partial charge is 0.263 e. The fourth-order valence-corrected chi connectivity index (χ4v) is 2.78. The number of ether oxygens (including phenoxy) is 1. The molecule has 0 spiro atoms. The second kappa shape index (κ2) is 7.11. The molecule has 0 aromatic heterocycles. The lowest BCUT2D eigenvalue weighted by Gasteiger charge is -2.37. The second-order valence-corrected chi connectivity index (χ2v) is 5.19. The molecule has 0 aliphatic carbocycles. The van der Waals surface area contributed by atoms with Crippen LogP contribution in [0.5, 0.6) is 0 Å². The van der Waals surface area contributed by atoms with Crippen LogP contribution in [0, 0.1) is 0 Å². The second-order valence-electron chi connectivity index (χ2n) is 5.19. The van der Waals surface area contributed by atoms with Gasteiger partial charge in [0.2, 0.25) is 0 Å². The van der Waals surface area contributed by atoms with E-state index in [4.69, 9.17) is 10.5 Å². The van der Waals surface area contributed by atoms with Crippen LogP contribution in [0.3, 0.4) is 0 Å². The molecule has 1 aromatic rings. The number of alkyl halides is 2. The minimum Gasteiger partial charge on any atom is -0.381 e. The number of halogens is 2. The molecule has 1 aliphatic rings. The van der Waals surface area contributed by atoms with E-state index in [-0.39, 0.29) is 11.6 Å². The molecule has 112 valence electrons. The van der Waals surface area contributed by atoms with Gasteiger partial charge >= 0.3 is 0 Å². The van der Waals surface area contributed by atoms with Crippen LogP contribution >= 0.6 is 0 Å². The highest BCUT2D eigenvalue weighted by atomic mass is 19.3. The third kappa shape index (κ3) is 3.53. The van der Waals surface area contributed by atoms with Gasteiger partial charge in [-0.15, -0.1) is 0 Å². The monoisotopic (exact) mass is 284 g/mol. The van der Waals surface area contributed by atoms with Crippen LogP contribution in [0.2, 0.25) is 0 Å². The van der Waals surface area contributed by atoms with Gasteiger partial charge in [-0.1, -0.05) is 24.3 Å². The molecule has 5 heteroatoms. The summed E-state index contributed by atoms with van der Waals surface area (Å²) in [5.41, 5.74) is 6.94. The summed E-state index contributed by atoms with van der Waals surface area (Å²) in [7, 11) is 1.74. The molecule has 20 heavy (non-hydrogen) atoms. The Bertz CT molecular complexity index is 403. The van der Waals surface area contributed by atoms with Crippen LogP contribution in [0.1, 0.15) is 36.4 Å². The minimum absolute atomic E-state index is 0.0580. The van der Waals surface area contributed by atoms with Gasteiger partial charge in [0.15, 0.2) is 0 Å². The Balaban J connectivity index is 2.04. The molecule has 0 radical (unpaired) electrons. The number of nitrogens with zero attached hydrogens (tertiary/aromatic N) is 1. The molecule has 1 fully saturated rings. The molecule has 1 aromatic carbocycles. The predicted octanol–water partition coefficient (Wildman–Crippen LogP) is 2.73. The average molecular weight is 284 g/mol. The number of hydrogen-bond acceptors (Lipinski definition) is 3. The third-order valence-electron chi connectivity index (χ3n) is 4.05. The van der Waals surface area contributed by atoms with Crippen LogP contribution < -0.4 is 5.73 Å². The van der Waals surface area contributed by atoms with Gasteiger partial charge in [-0.05, 0) is 18.4 Å². The van der Waals surface area contributed by atoms with Crippen molar-refractivity contribution in [2.75, 3.05) is 26.7 Å². The summed E-state index contributed by atoms with van der Waals surface area (Å²) in [5.74, 6) is 0. The largest absolute Gasteiger partial charge is 0.381 e. The first-order valence-electron chi connectivity index (χ1n) is 7.00. The van der Waals surface area contributed by atoms with Gasteiger partial charge < -0.3 is 10.5 Å². The van der Waals surface area contributed by atoms with Crippen molar-refractivity contribution in [3.05, 3.63) is 35.4 Å². The highest BCUT2D eigenvalue weighted by Crippen LogP contribution is 2.26. The van der Waals surface area contributed by atoms with Gasteiger partial charge in [0.25, 0.3) is 6.43 Å². The van der Waals surface area contributed by atoms with Crippen LogP contribution in [-0.2, 0) is 4.74 Å². The first kappa shape index (κ1) is 15.4. The number of hydrogen-bond donors (Lipinski definition) is 1. The lowest BCUT2D eigenvalue weighted by atomic mass is 9.99. The normalized spacial score (nSPS) is 19.4. The summed E-state index contributed by atoms with van der Waals surface area (Å²) < 4.78 is 30.5. The zero-order chi connectivity index (χ0) is 14.5. The maximum atomic E-state index is 12.6. The molecule has 1 unspecified atom stereocenters. The topological polar surface area (TPSA) is 38.5 Å². The summed E-state index contributed by atoms with van der Waals surface area (Å²) in [6, 6.07) is 6.61.